The minimum Gasteiger partial charge on any atom is -0.334 e. The molecule has 12 rings (SSSR count). The van der Waals surface area contributed by atoms with Crippen LogP contribution in [0.3, 0.4) is 0 Å². The van der Waals surface area contributed by atoms with Crippen molar-refractivity contribution in [3.05, 3.63) is 173 Å². The van der Waals surface area contributed by atoms with E-state index >= 15 is 0 Å². The summed E-state index contributed by atoms with van der Waals surface area (Å²) in [6, 6.07) is 55.0. The second kappa shape index (κ2) is 13.8. The third-order valence-corrected chi connectivity index (χ3v) is 17.1. The molecule has 0 spiro atoms. The standard InChI is InChI=1S/C62H64BN3/c1-39-33-55-57-56(34-39)65(43-26-28-46-45-21-12-13-22-47(45)60(8,9)49(46)37-43)54-38-44(66-52-24-15-14-23-48(52)61(10)31-16-17-32-62(61,66)11)27-30-51(54)63(57)50-29-25-41(59(5,6)7)36-53(50)64(55)42-20-18-19-40(35-42)58(2,3)4/h12-15,18-30,33-38H,16-17,31-32H2,1-11H3. The molecule has 5 aliphatic rings. The van der Waals surface area contributed by atoms with Crippen molar-refractivity contribution in [2.45, 2.75) is 129 Å². The summed E-state index contributed by atoms with van der Waals surface area (Å²) in [5, 5.41) is 0. The Kier molecular flexibility index (Phi) is 8.65. The SMILES string of the molecule is Cc1cc2c3c(c1)N(c1cccc(C(C)(C)C)c1)c1cc(C(C)(C)C)ccc1B3c1ccc(N3c4ccccc4C4(C)CCCCC34C)cc1N2c1ccc2c(c1)C(C)(C)c1ccccc1-2. The fourth-order valence-electron chi connectivity index (χ4n) is 13.3. The Morgan fingerprint density at radius 1 is 0.470 bits per heavy atom. The highest BCUT2D eigenvalue weighted by atomic mass is 15.3. The number of hydrogen-bond donors (Lipinski definition) is 0. The van der Waals surface area contributed by atoms with Gasteiger partial charge in [0.15, 0.2) is 0 Å². The van der Waals surface area contributed by atoms with Crippen molar-refractivity contribution in [3.63, 3.8) is 0 Å². The molecular weight excluding hydrogens is 798 g/mol. The molecule has 1 fully saturated rings. The normalized spacial score (nSPS) is 20.8. The maximum Gasteiger partial charge on any atom is 0.252 e. The van der Waals surface area contributed by atoms with E-state index in [2.05, 4.69) is 230 Å². The summed E-state index contributed by atoms with van der Waals surface area (Å²) in [5.41, 5.74) is 25.1. The molecule has 2 atom stereocenters. The van der Waals surface area contributed by atoms with Crippen LogP contribution in [0.5, 0.6) is 0 Å². The van der Waals surface area contributed by atoms with Gasteiger partial charge < -0.3 is 14.7 Å². The summed E-state index contributed by atoms with van der Waals surface area (Å²) in [4.78, 5) is 8.02. The molecule has 7 aromatic rings. The predicted octanol–water partition coefficient (Wildman–Crippen LogP) is 14.7. The Labute approximate surface area is 394 Å². The number of fused-ring (bicyclic) bond motifs is 10. The Balaban J connectivity index is 1.15. The van der Waals surface area contributed by atoms with Gasteiger partial charge in [0.25, 0.3) is 6.71 Å². The summed E-state index contributed by atoms with van der Waals surface area (Å²) in [6.45, 7) is 26.3. The van der Waals surface area contributed by atoms with E-state index in [0.29, 0.717) is 0 Å². The average Bonchev–Trinajstić information content (AvgIpc) is 3.64. The first kappa shape index (κ1) is 41.4. The van der Waals surface area contributed by atoms with E-state index in [1.165, 1.54) is 132 Å². The summed E-state index contributed by atoms with van der Waals surface area (Å²) < 4.78 is 0. The van der Waals surface area contributed by atoms with Crippen LogP contribution < -0.4 is 31.1 Å². The van der Waals surface area contributed by atoms with Gasteiger partial charge in [0, 0.05) is 56.3 Å². The van der Waals surface area contributed by atoms with Crippen LogP contribution in [-0.2, 0) is 21.7 Å². The lowest BCUT2D eigenvalue weighted by molar-refractivity contribution is 0.195. The first-order valence-electron chi connectivity index (χ1n) is 24.7. The zero-order valence-corrected chi connectivity index (χ0v) is 41.0. The maximum atomic E-state index is 2.76. The van der Waals surface area contributed by atoms with Crippen LogP contribution in [0, 0.1) is 6.92 Å². The lowest BCUT2D eigenvalue weighted by Crippen LogP contribution is -2.61. The second-order valence-corrected chi connectivity index (χ2v) is 23.5. The Bertz CT molecular complexity index is 3180. The summed E-state index contributed by atoms with van der Waals surface area (Å²) in [7, 11) is 0. The number of aryl methyl sites for hydroxylation is 1. The first-order valence-corrected chi connectivity index (χ1v) is 24.7. The smallest absolute Gasteiger partial charge is 0.252 e. The molecule has 7 aromatic carbocycles. The van der Waals surface area contributed by atoms with E-state index in [1.807, 2.05) is 0 Å². The van der Waals surface area contributed by atoms with Crippen LogP contribution in [0.1, 0.15) is 128 Å². The van der Waals surface area contributed by atoms with Gasteiger partial charge in [-0.05, 0) is 159 Å². The van der Waals surface area contributed by atoms with Gasteiger partial charge in [0.05, 0.1) is 5.54 Å². The number of anilines is 8. The Morgan fingerprint density at radius 3 is 1.79 bits per heavy atom. The molecule has 3 heterocycles. The molecule has 0 amide bonds. The summed E-state index contributed by atoms with van der Waals surface area (Å²) >= 11 is 0. The highest BCUT2D eigenvalue weighted by molar-refractivity contribution is 7.00. The third kappa shape index (κ3) is 5.63. The van der Waals surface area contributed by atoms with E-state index in [9.17, 15) is 0 Å². The van der Waals surface area contributed by atoms with E-state index in [0.717, 1.165) is 0 Å². The highest BCUT2D eigenvalue weighted by Crippen LogP contribution is 2.61. The monoisotopic (exact) mass is 862 g/mol. The van der Waals surface area contributed by atoms with Crippen LogP contribution in [0.25, 0.3) is 11.1 Å². The molecule has 3 nitrogen and oxygen atoms in total. The largest absolute Gasteiger partial charge is 0.334 e. The Morgan fingerprint density at radius 2 is 1.06 bits per heavy atom. The van der Waals surface area contributed by atoms with Crippen molar-refractivity contribution in [1.29, 1.82) is 0 Å². The number of hydrogen-bond acceptors (Lipinski definition) is 3. The minimum absolute atomic E-state index is 0.00684. The van der Waals surface area contributed by atoms with Crippen LogP contribution in [-0.4, -0.2) is 12.3 Å². The second-order valence-electron chi connectivity index (χ2n) is 23.5. The minimum atomic E-state index is -0.130. The van der Waals surface area contributed by atoms with Crippen LogP contribution in [0.15, 0.2) is 140 Å². The van der Waals surface area contributed by atoms with Gasteiger partial charge in [-0.25, -0.2) is 0 Å². The van der Waals surface area contributed by atoms with E-state index < -0.39 is 0 Å². The average molecular weight is 862 g/mol. The zero-order valence-electron chi connectivity index (χ0n) is 41.0. The quantitative estimate of drug-likeness (QED) is 0.164. The number of benzene rings is 7. The van der Waals surface area contributed by atoms with Crippen molar-refractivity contribution < 1.29 is 0 Å². The van der Waals surface area contributed by atoms with Crippen LogP contribution >= 0.6 is 0 Å². The molecule has 4 heteroatoms. The summed E-state index contributed by atoms with van der Waals surface area (Å²) in [5.74, 6) is 0. The lowest BCUT2D eigenvalue weighted by atomic mass is 9.33. The molecule has 2 aliphatic carbocycles. The number of nitrogens with zero attached hydrogens (tertiary/aromatic N) is 3. The first-order chi connectivity index (χ1) is 31.4. The lowest BCUT2D eigenvalue weighted by Gasteiger charge is -2.50. The number of rotatable bonds is 3. The van der Waals surface area contributed by atoms with Crippen molar-refractivity contribution in [2.24, 2.45) is 0 Å². The van der Waals surface area contributed by atoms with Gasteiger partial charge in [-0.2, -0.15) is 0 Å². The summed E-state index contributed by atoms with van der Waals surface area (Å²) in [6.07, 6.45) is 4.91. The molecule has 3 aliphatic heterocycles. The van der Waals surface area contributed by atoms with Gasteiger partial charge in [-0.15, -0.1) is 0 Å². The predicted molar refractivity (Wildman–Crippen MR) is 283 cm³/mol. The molecular formula is C62H64BN3. The van der Waals surface area contributed by atoms with Crippen LogP contribution in [0.4, 0.5) is 45.5 Å². The van der Waals surface area contributed by atoms with Gasteiger partial charge in [0.1, 0.15) is 0 Å². The molecule has 66 heavy (non-hydrogen) atoms. The maximum absolute atomic E-state index is 2.76. The van der Waals surface area contributed by atoms with E-state index in [1.54, 1.807) is 0 Å². The Hall–Kier alpha value is -6.00. The van der Waals surface area contributed by atoms with Crippen molar-refractivity contribution in [3.8, 4) is 11.1 Å². The van der Waals surface area contributed by atoms with Gasteiger partial charge in [0.2, 0.25) is 0 Å². The van der Waals surface area contributed by atoms with Crippen molar-refractivity contribution >= 4 is 68.6 Å². The molecule has 0 radical (unpaired) electrons. The van der Waals surface area contributed by atoms with E-state index in [-0.39, 0.29) is 33.9 Å². The fourth-order valence-corrected chi connectivity index (χ4v) is 13.3. The molecule has 0 aromatic heterocycles. The molecule has 1 saturated carbocycles. The van der Waals surface area contributed by atoms with Crippen molar-refractivity contribution in [1.82, 2.24) is 0 Å². The van der Waals surface area contributed by atoms with Gasteiger partial charge in [-0.1, -0.05) is 154 Å². The third-order valence-electron chi connectivity index (χ3n) is 17.1. The zero-order chi connectivity index (χ0) is 45.9. The fraction of sp³-hybridized carbons (Fsp3) is 0.323. The number of para-hydroxylation sites is 1. The van der Waals surface area contributed by atoms with Gasteiger partial charge in [-0.3, -0.25) is 0 Å². The molecule has 2 unspecified atom stereocenters. The van der Waals surface area contributed by atoms with Crippen LogP contribution in [0.2, 0.25) is 0 Å². The molecule has 0 saturated heterocycles. The topological polar surface area (TPSA) is 9.72 Å². The van der Waals surface area contributed by atoms with Crippen molar-refractivity contribution in [2.75, 3.05) is 14.7 Å². The molecule has 0 bridgehead atoms. The molecule has 0 N–H and O–H groups in total. The highest BCUT2D eigenvalue weighted by Gasteiger charge is 2.58. The molecule has 330 valence electrons. The van der Waals surface area contributed by atoms with Gasteiger partial charge >= 0.3 is 0 Å². The van der Waals surface area contributed by atoms with E-state index in [4.69, 9.17) is 0 Å².